The molecule has 0 saturated carbocycles. The van der Waals surface area contributed by atoms with Crippen LogP contribution in [0.5, 0.6) is 5.75 Å². The second kappa shape index (κ2) is 5.93. The van der Waals surface area contributed by atoms with Gasteiger partial charge in [0.1, 0.15) is 5.82 Å². The Balaban J connectivity index is 2.04. The Bertz CT molecular complexity index is 675. The van der Waals surface area contributed by atoms with E-state index in [4.69, 9.17) is 10.00 Å². The third-order valence-electron chi connectivity index (χ3n) is 2.59. The molecule has 0 spiro atoms. The van der Waals surface area contributed by atoms with E-state index in [2.05, 4.69) is 0 Å². The molecule has 0 radical (unpaired) electrons. The average Bonchev–Trinajstić information content (AvgIpc) is 2.46. The first kappa shape index (κ1) is 13.7. The van der Waals surface area contributed by atoms with Crippen molar-refractivity contribution in [2.24, 2.45) is 0 Å². The Kier molecular flexibility index (Phi) is 4.06. The quantitative estimate of drug-likeness (QED) is 0.804. The molecule has 0 aliphatic rings. The van der Waals surface area contributed by atoms with Crippen LogP contribution in [-0.4, -0.2) is 12.4 Å². The van der Waals surface area contributed by atoms with E-state index in [0.29, 0.717) is 0 Å². The highest BCUT2D eigenvalue weighted by molar-refractivity contribution is 5.97. The van der Waals surface area contributed by atoms with Crippen LogP contribution in [0.3, 0.4) is 0 Å². The smallest absolute Gasteiger partial charge is 0.200 e. The molecule has 0 aromatic heterocycles. The standard InChI is InChI=1S/C15H9F2NO2/c16-12-4-2-11(3-5-12)14(19)9-20-15-6-1-10(8-18)7-13(15)17/h1-7H,9H2. The maximum absolute atomic E-state index is 13.5. The van der Waals surface area contributed by atoms with Gasteiger partial charge < -0.3 is 4.74 Å². The molecule has 2 aromatic carbocycles. The lowest BCUT2D eigenvalue weighted by Crippen LogP contribution is -2.12. The summed E-state index contributed by atoms with van der Waals surface area (Å²) in [5.74, 6) is -1.66. The molecule has 0 aliphatic heterocycles. The number of ether oxygens (including phenoxy) is 1. The fraction of sp³-hybridized carbons (Fsp3) is 0.0667. The zero-order chi connectivity index (χ0) is 14.5. The summed E-state index contributed by atoms with van der Waals surface area (Å²) in [7, 11) is 0. The van der Waals surface area contributed by atoms with E-state index >= 15 is 0 Å². The van der Waals surface area contributed by atoms with Crippen LogP contribution in [-0.2, 0) is 0 Å². The van der Waals surface area contributed by atoms with Crippen molar-refractivity contribution in [3.63, 3.8) is 0 Å². The highest BCUT2D eigenvalue weighted by Crippen LogP contribution is 2.18. The molecule has 3 nitrogen and oxygen atoms in total. The molecule has 0 heterocycles. The third kappa shape index (κ3) is 3.18. The van der Waals surface area contributed by atoms with Crippen LogP contribution in [0.4, 0.5) is 8.78 Å². The van der Waals surface area contributed by atoms with Gasteiger partial charge in [0.15, 0.2) is 24.0 Å². The number of benzene rings is 2. The van der Waals surface area contributed by atoms with Gasteiger partial charge in [-0.05, 0) is 42.5 Å². The van der Waals surface area contributed by atoms with Crippen LogP contribution in [0.2, 0.25) is 0 Å². The minimum atomic E-state index is -0.712. The number of ketones is 1. The maximum Gasteiger partial charge on any atom is 0.200 e. The predicted molar refractivity (Wildman–Crippen MR) is 67.3 cm³/mol. The van der Waals surface area contributed by atoms with Gasteiger partial charge in [-0.2, -0.15) is 5.26 Å². The van der Waals surface area contributed by atoms with Crippen LogP contribution >= 0.6 is 0 Å². The first-order valence-electron chi connectivity index (χ1n) is 5.71. The van der Waals surface area contributed by atoms with Gasteiger partial charge in [0, 0.05) is 5.56 Å². The van der Waals surface area contributed by atoms with E-state index in [1.807, 2.05) is 0 Å². The minimum Gasteiger partial charge on any atom is -0.482 e. The number of rotatable bonds is 4. The van der Waals surface area contributed by atoms with Gasteiger partial charge in [-0.1, -0.05) is 0 Å². The number of nitrogens with zero attached hydrogens (tertiary/aromatic N) is 1. The van der Waals surface area contributed by atoms with Crippen LogP contribution in [0.1, 0.15) is 15.9 Å². The lowest BCUT2D eigenvalue weighted by atomic mass is 10.1. The van der Waals surface area contributed by atoms with Crippen molar-refractivity contribution in [3.05, 3.63) is 65.2 Å². The number of hydrogen-bond acceptors (Lipinski definition) is 3. The Labute approximate surface area is 114 Å². The number of carbonyl (C=O) groups is 1. The predicted octanol–water partition coefficient (Wildman–Crippen LogP) is 3.10. The van der Waals surface area contributed by atoms with Crippen molar-refractivity contribution in [1.29, 1.82) is 5.26 Å². The zero-order valence-electron chi connectivity index (χ0n) is 10.3. The van der Waals surface area contributed by atoms with Crippen LogP contribution in [0.25, 0.3) is 0 Å². The molecule has 2 rings (SSSR count). The molecule has 0 aliphatic carbocycles. The number of carbonyl (C=O) groups excluding carboxylic acids is 1. The Morgan fingerprint density at radius 3 is 2.45 bits per heavy atom. The van der Waals surface area contributed by atoms with Gasteiger partial charge in [0.2, 0.25) is 0 Å². The van der Waals surface area contributed by atoms with E-state index in [-0.39, 0.29) is 23.5 Å². The minimum absolute atomic E-state index is 0.112. The largest absolute Gasteiger partial charge is 0.482 e. The van der Waals surface area contributed by atoms with Gasteiger partial charge in [0.05, 0.1) is 11.6 Å². The van der Waals surface area contributed by atoms with Gasteiger partial charge >= 0.3 is 0 Å². The summed E-state index contributed by atoms with van der Waals surface area (Å²) in [6.45, 7) is -0.367. The highest BCUT2D eigenvalue weighted by atomic mass is 19.1. The van der Waals surface area contributed by atoms with Gasteiger partial charge in [0.25, 0.3) is 0 Å². The van der Waals surface area contributed by atoms with E-state index in [1.165, 1.54) is 24.3 Å². The fourth-order valence-electron chi connectivity index (χ4n) is 1.55. The molecule has 0 amide bonds. The normalized spacial score (nSPS) is 9.85. The Morgan fingerprint density at radius 2 is 1.85 bits per heavy atom. The molecule has 0 fully saturated rings. The SMILES string of the molecule is N#Cc1ccc(OCC(=O)c2ccc(F)cc2)c(F)c1. The molecule has 0 bridgehead atoms. The summed E-state index contributed by atoms with van der Waals surface area (Å²) in [5, 5.41) is 8.60. The molecule has 0 unspecified atom stereocenters. The number of nitriles is 1. The Hall–Kier alpha value is -2.74. The lowest BCUT2D eigenvalue weighted by molar-refractivity contribution is 0.0918. The molecule has 100 valence electrons. The number of halogens is 2. The second-order valence-electron chi connectivity index (χ2n) is 3.98. The van der Waals surface area contributed by atoms with Gasteiger partial charge in [-0.3, -0.25) is 4.79 Å². The second-order valence-corrected chi connectivity index (χ2v) is 3.98. The average molecular weight is 273 g/mol. The van der Waals surface area contributed by atoms with Crippen molar-refractivity contribution in [2.75, 3.05) is 6.61 Å². The van der Waals surface area contributed by atoms with Crippen LogP contribution in [0, 0.1) is 23.0 Å². The molecule has 2 aromatic rings. The van der Waals surface area contributed by atoms with Crippen molar-refractivity contribution >= 4 is 5.78 Å². The van der Waals surface area contributed by atoms with Gasteiger partial charge in [-0.25, -0.2) is 8.78 Å². The molecule has 5 heteroatoms. The van der Waals surface area contributed by atoms with Crippen molar-refractivity contribution in [1.82, 2.24) is 0 Å². The first-order chi connectivity index (χ1) is 9.60. The number of Topliss-reactive ketones (excluding diaryl/α,β-unsaturated/α-hetero) is 1. The molecule has 0 atom stereocenters. The van der Waals surface area contributed by atoms with E-state index < -0.39 is 17.4 Å². The van der Waals surface area contributed by atoms with E-state index in [1.54, 1.807) is 6.07 Å². The van der Waals surface area contributed by atoms with Crippen LogP contribution in [0.15, 0.2) is 42.5 Å². The maximum atomic E-state index is 13.5. The molecule has 20 heavy (non-hydrogen) atoms. The topological polar surface area (TPSA) is 50.1 Å². The zero-order valence-corrected chi connectivity index (χ0v) is 10.3. The molecular weight excluding hydrogens is 264 g/mol. The Morgan fingerprint density at radius 1 is 1.15 bits per heavy atom. The third-order valence-corrected chi connectivity index (χ3v) is 2.59. The molecular formula is C15H9F2NO2. The number of hydrogen-bond donors (Lipinski definition) is 0. The summed E-state index contributed by atoms with van der Waals surface area (Å²) in [5.41, 5.74) is 0.445. The van der Waals surface area contributed by atoms with Crippen molar-refractivity contribution in [2.45, 2.75) is 0 Å². The summed E-state index contributed by atoms with van der Waals surface area (Å²) < 4.78 is 31.3. The lowest BCUT2D eigenvalue weighted by Gasteiger charge is -2.06. The summed E-state index contributed by atoms with van der Waals surface area (Å²) in [6, 6.07) is 10.5. The van der Waals surface area contributed by atoms with Crippen LogP contribution < -0.4 is 4.74 Å². The monoisotopic (exact) mass is 273 g/mol. The van der Waals surface area contributed by atoms with Gasteiger partial charge in [-0.15, -0.1) is 0 Å². The summed E-state index contributed by atoms with van der Waals surface area (Å²) >= 11 is 0. The van der Waals surface area contributed by atoms with Crippen molar-refractivity contribution in [3.8, 4) is 11.8 Å². The van der Waals surface area contributed by atoms with E-state index in [9.17, 15) is 13.6 Å². The molecule has 0 N–H and O–H groups in total. The van der Waals surface area contributed by atoms with E-state index in [0.717, 1.165) is 18.2 Å². The first-order valence-corrected chi connectivity index (χ1v) is 5.71. The van der Waals surface area contributed by atoms with Crippen molar-refractivity contribution < 1.29 is 18.3 Å². The summed E-state index contributed by atoms with van der Waals surface area (Å²) in [6.07, 6.45) is 0. The summed E-state index contributed by atoms with van der Waals surface area (Å²) in [4.78, 5) is 11.7. The fourth-order valence-corrected chi connectivity index (χ4v) is 1.55. The highest BCUT2D eigenvalue weighted by Gasteiger charge is 2.10. The molecule has 0 saturated heterocycles.